The third-order valence-electron chi connectivity index (χ3n) is 2.12. The van der Waals surface area contributed by atoms with Gasteiger partial charge in [0, 0.05) is 11.6 Å². The van der Waals surface area contributed by atoms with Gasteiger partial charge in [0.25, 0.3) is 0 Å². The van der Waals surface area contributed by atoms with Crippen LogP contribution < -0.4 is 10.5 Å². The third-order valence-corrected chi connectivity index (χ3v) is 2.12. The molecule has 0 aliphatic carbocycles. The van der Waals surface area contributed by atoms with Gasteiger partial charge in [-0.3, -0.25) is 0 Å². The Hall–Kier alpha value is -1.26. The van der Waals surface area contributed by atoms with Crippen LogP contribution in [-0.4, -0.2) is 23.4 Å². The number of aliphatic hydroxyl groups is 1. The van der Waals surface area contributed by atoms with Crippen LogP contribution in [0.15, 0.2) is 18.2 Å². The van der Waals surface area contributed by atoms with Gasteiger partial charge < -0.3 is 20.7 Å². The number of aliphatic hydroxyl groups excluding tert-OH is 1. The molecule has 0 fully saturated rings. The molecule has 0 spiro atoms. The fourth-order valence-electron chi connectivity index (χ4n) is 1.19. The standard InChI is InChI=1S/C10H15NO3/c1-6(12)10(11)8-4-3-7(14-2)5-9(8)13/h3-6,10,12-13H,11H2,1-2H3/t6-,10-/m0/s1. The maximum Gasteiger partial charge on any atom is 0.124 e. The number of methoxy groups -OCH3 is 1. The van der Waals surface area contributed by atoms with Crippen molar-refractivity contribution < 1.29 is 14.9 Å². The first kappa shape index (κ1) is 10.8. The van der Waals surface area contributed by atoms with Crippen LogP contribution in [0.1, 0.15) is 18.5 Å². The van der Waals surface area contributed by atoms with Crippen molar-refractivity contribution >= 4 is 0 Å². The van der Waals surface area contributed by atoms with Crippen molar-refractivity contribution in [1.29, 1.82) is 0 Å². The van der Waals surface area contributed by atoms with Crippen LogP contribution in [0.5, 0.6) is 11.5 Å². The Morgan fingerprint density at radius 1 is 1.43 bits per heavy atom. The number of benzene rings is 1. The lowest BCUT2D eigenvalue weighted by Gasteiger charge is -2.16. The summed E-state index contributed by atoms with van der Waals surface area (Å²) < 4.78 is 4.93. The summed E-state index contributed by atoms with van der Waals surface area (Å²) in [5.41, 5.74) is 6.19. The quantitative estimate of drug-likeness (QED) is 0.669. The molecule has 1 aromatic carbocycles. The number of nitrogens with two attached hydrogens (primary N) is 1. The van der Waals surface area contributed by atoms with Gasteiger partial charge in [-0.1, -0.05) is 0 Å². The molecule has 78 valence electrons. The molecule has 4 N–H and O–H groups in total. The molecule has 0 aromatic heterocycles. The van der Waals surface area contributed by atoms with Crippen molar-refractivity contribution in [3.05, 3.63) is 23.8 Å². The molecule has 14 heavy (non-hydrogen) atoms. The number of aromatic hydroxyl groups is 1. The fourth-order valence-corrected chi connectivity index (χ4v) is 1.19. The zero-order valence-electron chi connectivity index (χ0n) is 8.27. The van der Waals surface area contributed by atoms with Gasteiger partial charge in [-0.05, 0) is 19.1 Å². The van der Waals surface area contributed by atoms with E-state index in [1.165, 1.54) is 13.2 Å². The predicted octanol–water partition coefficient (Wildman–Crippen LogP) is 0.781. The van der Waals surface area contributed by atoms with Crippen LogP contribution in [0.3, 0.4) is 0 Å². The van der Waals surface area contributed by atoms with Gasteiger partial charge >= 0.3 is 0 Å². The first-order valence-electron chi connectivity index (χ1n) is 4.36. The normalized spacial score (nSPS) is 14.9. The van der Waals surface area contributed by atoms with Crippen LogP contribution in [0.2, 0.25) is 0 Å². The molecular formula is C10H15NO3. The molecule has 0 unspecified atom stereocenters. The SMILES string of the molecule is COc1ccc([C@@H](N)[C@H](C)O)c(O)c1. The summed E-state index contributed by atoms with van der Waals surface area (Å²) in [6.07, 6.45) is -0.700. The van der Waals surface area contributed by atoms with E-state index in [0.29, 0.717) is 11.3 Å². The summed E-state index contributed by atoms with van der Waals surface area (Å²) in [5, 5.41) is 18.8. The largest absolute Gasteiger partial charge is 0.507 e. The maximum atomic E-state index is 9.57. The zero-order chi connectivity index (χ0) is 10.7. The van der Waals surface area contributed by atoms with Crippen molar-refractivity contribution in [2.45, 2.75) is 19.1 Å². The highest BCUT2D eigenvalue weighted by Gasteiger charge is 2.15. The molecule has 0 amide bonds. The highest BCUT2D eigenvalue weighted by Crippen LogP contribution is 2.28. The molecule has 2 atom stereocenters. The van der Waals surface area contributed by atoms with E-state index in [4.69, 9.17) is 10.5 Å². The molecule has 1 rings (SSSR count). The average Bonchev–Trinajstić information content (AvgIpc) is 2.16. The molecular weight excluding hydrogens is 182 g/mol. The number of hydrogen-bond donors (Lipinski definition) is 3. The topological polar surface area (TPSA) is 75.7 Å². The van der Waals surface area contributed by atoms with E-state index in [-0.39, 0.29) is 5.75 Å². The Balaban J connectivity index is 2.99. The number of phenolic OH excluding ortho intramolecular Hbond substituents is 1. The van der Waals surface area contributed by atoms with Gasteiger partial charge in [0.15, 0.2) is 0 Å². The first-order valence-corrected chi connectivity index (χ1v) is 4.36. The fraction of sp³-hybridized carbons (Fsp3) is 0.400. The summed E-state index contributed by atoms with van der Waals surface area (Å²) in [6.45, 7) is 1.58. The van der Waals surface area contributed by atoms with E-state index < -0.39 is 12.1 Å². The molecule has 0 aliphatic rings. The third kappa shape index (κ3) is 2.16. The number of ether oxygens (including phenoxy) is 1. The summed E-state index contributed by atoms with van der Waals surface area (Å²) in [5.74, 6) is 0.599. The van der Waals surface area contributed by atoms with Gasteiger partial charge in [0.2, 0.25) is 0 Å². The maximum absolute atomic E-state index is 9.57. The zero-order valence-corrected chi connectivity index (χ0v) is 8.27. The predicted molar refractivity (Wildman–Crippen MR) is 53.3 cm³/mol. The molecule has 0 radical (unpaired) electrons. The number of rotatable bonds is 3. The molecule has 0 saturated carbocycles. The first-order chi connectivity index (χ1) is 6.56. The highest BCUT2D eigenvalue weighted by molar-refractivity contribution is 5.41. The van der Waals surface area contributed by atoms with Crippen LogP contribution in [-0.2, 0) is 0 Å². The van der Waals surface area contributed by atoms with Gasteiger partial charge in [-0.15, -0.1) is 0 Å². The van der Waals surface area contributed by atoms with Gasteiger partial charge in [-0.25, -0.2) is 0 Å². The molecule has 0 aliphatic heterocycles. The van der Waals surface area contributed by atoms with Crippen molar-refractivity contribution in [2.24, 2.45) is 5.73 Å². The minimum Gasteiger partial charge on any atom is -0.507 e. The molecule has 4 heteroatoms. The van der Waals surface area contributed by atoms with Crippen molar-refractivity contribution in [3.63, 3.8) is 0 Å². The average molecular weight is 197 g/mol. The van der Waals surface area contributed by atoms with E-state index in [1.54, 1.807) is 19.1 Å². The minimum absolute atomic E-state index is 0.0396. The van der Waals surface area contributed by atoms with Gasteiger partial charge in [0.05, 0.1) is 19.3 Å². The Bertz CT molecular complexity index is 312. The van der Waals surface area contributed by atoms with Crippen LogP contribution >= 0.6 is 0 Å². The van der Waals surface area contributed by atoms with Gasteiger partial charge in [-0.2, -0.15) is 0 Å². The van der Waals surface area contributed by atoms with Crippen molar-refractivity contribution in [2.75, 3.05) is 7.11 Å². The number of hydrogen-bond acceptors (Lipinski definition) is 4. The van der Waals surface area contributed by atoms with Crippen LogP contribution in [0, 0.1) is 0 Å². The number of phenols is 1. The Labute approximate surface area is 82.9 Å². The second-order valence-electron chi connectivity index (χ2n) is 3.19. The van der Waals surface area contributed by atoms with Gasteiger partial charge in [0.1, 0.15) is 11.5 Å². The van der Waals surface area contributed by atoms with E-state index in [2.05, 4.69) is 0 Å². The second kappa shape index (κ2) is 4.30. The summed E-state index contributed by atoms with van der Waals surface area (Å²) in [7, 11) is 1.52. The summed E-state index contributed by atoms with van der Waals surface area (Å²) >= 11 is 0. The minimum atomic E-state index is -0.700. The Kier molecular flexibility index (Phi) is 3.33. The highest BCUT2D eigenvalue weighted by atomic mass is 16.5. The van der Waals surface area contributed by atoms with Crippen molar-refractivity contribution in [3.8, 4) is 11.5 Å². The van der Waals surface area contributed by atoms with Crippen molar-refractivity contribution in [1.82, 2.24) is 0 Å². The lowest BCUT2D eigenvalue weighted by Crippen LogP contribution is -2.23. The molecule has 0 bridgehead atoms. The van der Waals surface area contributed by atoms with E-state index in [0.717, 1.165) is 0 Å². The summed E-state index contributed by atoms with van der Waals surface area (Å²) in [4.78, 5) is 0. The summed E-state index contributed by atoms with van der Waals surface area (Å²) in [6, 6.07) is 4.22. The lowest BCUT2D eigenvalue weighted by atomic mass is 10.0. The van der Waals surface area contributed by atoms with E-state index in [9.17, 15) is 10.2 Å². The molecule has 0 heterocycles. The second-order valence-corrected chi connectivity index (χ2v) is 3.19. The monoisotopic (exact) mass is 197 g/mol. The molecule has 1 aromatic rings. The smallest absolute Gasteiger partial charge is 0.124 e. The lowest BCUT2D eigenvalue weighted by molar-refractivity contribution is 0.162. The van der Waals surface area contributed by atoms with Crippen LogP contribution in [0.4, 0.5) is 0 Å². The molecule has 0 saturated heterocycles. The Morgan fingerprint density at radius 2 is 2.07 bits per heavy atom. The van der Waals surface area contributed by atoms with E-state index >= 15 is 0 Å². The van der Waals surface area contributed by atoms with E-state index in [1.807, 2.05) is 0 Å². The Morgan fingerprint density at radius 3 is 2.50 bits per heavy atom. The molecule has 4 nitrogen and oxygen atoms in total. The van der Waals surface area contributed by atoms with Crippen LogP contribution in [0.25, 0.3) is 0 Å².